The van der Waals surface area contributed by atoms with E-state index in [1.54, 1.807) is 0 Å². The molecule has 0 aliphatic rings. The number of nitrogens with zero attached hydrogens (tertiary/aromatic N) is 2. The quantitative estimate of drug-likeness (QED) is 0.493. The van der Waals surface area contributed by atoms with E-state index >= 15 is 0 Å². The molecule has 2 aromatic rings. The Labute approximate surface area is 166 Å². The van der Waals surface area contributed by atoms with Crippen LogP contribution in [0.2, 0.25) is 0 Å². The fourth-order valence-corrected chi connectivity index (χ4v) is 2.13. The predicted octanol–water partition coefficient (Wildman–Crippen LogP) is 0.299. The number of aryl methyl sites for hydroxylation is 1. The van der Waals surface area contributed by atoms with Gasteiger partial charge in [0.15, 0.2) is 0 Å². The molecule has 92 valence electrons. The number of rotatable bonds is 2. The third kappa shape index (κ3) is 3.59. The molecule has 0 aliphatic carbocycles. The Balaban J connectivity index is 0.00000200. The van der Waals surface area contributed by atoms with Gasteiger partial charge in [-0.2, -0.15) is 10.5 Å². The number of benzene rings is 1. The van der Waals surface area contributed by atoms with Gasteiger partial charge in [-0.1, -0.05) is 30.3 Å². The van der Waals surface area contributed by atoms with Crippen LogP contribution in [0.5, 0.6) is 0 Å². The van der Waals surface area contributed by atoms with Crippen molar-refractivity contribution >= 4 is 17.5 Å². The van der Waals surface area contributed by atoms with E-state index < -0.39 is 0 Å². The number of hydrogen-bond donors (Lipinski definition) is 1. The fraction of sp³-hybridized carbons (Fsp3) is 0.0667. The van der Waals surface area contributed by atoms with E-state index in [2.05, 4.69) is 4.98 Å². The van der Waals surface area contributed by atoms with Crippen molar-refractivity contribution in [1.82, 2.24) is 4.98 Å². The summed E-state index contributed by atoms with van der Waals surface area (Å²) >= 11 is 5.19. The van der Waals surface area contributed by atoms with Gasteiger partial charge in [0, 0.05) is 11.4 Å². The molecule has 5 heteroatoms. The SMILES string of the molecule is Cc1[nH]c(-c2ccccc2)cc1C([S-])=C(C#N)C#N.[K+]. The van der Waals surface area contributed by atoms with E-state index in [0.29, 0.717) is 4.91 Å². The van der Waals surface area contributed by atoms with Gasteiger partial charge in [-0.25, -0.2) is 0 Å². The Morgan fingerprint density at radius 2 is 1.75 bits per heavy atom. The van der Waals surface area contributed by atoms with Crippen molar-refractivity contribution in [2.24, 2.45) is 0 Å². The molecule has 0 spiro atoms. The van der Waals surface area contributed by atoms with Gasteiger partial charge in [0.25, 0.3) is 0 Å². The smallest absolute Gasteiger partial charge is 0.777 e. The molecule has 1 aromatic heterocycles. The van der Waals surface area contributed by atoms with Gasteiger partial charge in [0.2, 0.25) is 0 Å². The Kier molecular flexibility index (Phi) is 6.64. The van der Waals surface area contributed by atoms with Crippen molar-refractivity contribution in [3.05, 3.63) is 53.2 Å². The molecule has 0 aliphatic heterocycles. The summed E-state index contributed by atoms with van der Waals surface area (Å²) < 4.78 is 0. The summed E-state index contributed by atoms with van der Waals surface area (Å²) in [7, 11) is 0. The molecular weight excluding hydrogens is 293 g/mol. The van der Waals surface area contributed by atoms with E-state index in [1.807, 2.05) is 55.5 Å². The van der Waals surface area contributed by atoms with Crippen LogP contribution in [-0.4, -0.2) is 4.98 Å². The average Bonchev–Trinajstić information content (AvgIpc) is 2.83. The van der Waals surface area contributed by atoms with E-state index in [-0.39, 0.29) is 57.0 Å². The molecule has 0 bridgehead atoms. The molecule has 0 unspecified atom stereocenters. The number of H-pyrrole nitrogens is 1. The Hall–Kier alpha value is -0.924. The average molecular weight is 303 g/mol. The number of hydrogen-bond acceptors (Lipinski definition) is 3. The molecule has 0 amide bonds. The van der Waals surface area contributed by atoms with Gasteiger partial charge >= 0.3 is 51.4 Å². The number of aromatic amines is 1. The summed E-state index contributed by atoms with van der Waals surface area (Å²) in [6, 6.07) is 15.3. The molecule has 1 N–H and O–H groups in total. The summed E-state index contributed by atoms with van der Waals surface area (Å²) in [5.41, 5.74) is 3.51. The van der Waals surface area contributed by atoms with Crippen LogP contribution in [0.4, 0.5) is 0 Å². The van der Waals surface area contributed by atoms with Crippen molar-refractivity contribution in [1.29, 1.82) is 10.5 Å². The van der Waals surface area contributed by atoms with Crippen molar-refractivity contribution in [3.8, 4) is 23.4 Å². The Bertz CT molecular complexity index is 702. The molecule has 0 saturated carbocycles. The van der Waals surface area contributed by atoms with Crippen LogP contribution >= 0.6 is 0 Å². The second kappa shape index (κ2) is 7.75. The Morgan fingerprint density at radius 1 is 1.15 bits per heavy atom. The first-order valence-electron chi connectivity index (χ1n) is 5.64. The number of allylic oxidation sites excluding steroid dienone is 1. The van der Waals surface area contributed by atoms with Crippen LogP contribution in [-0.2, 0) is 12.6 Å². The minimum absolute atomic E-state index is 0. The third-order valence-electron chi connectivity index (χ3n) is 2.79. The fourth-order valence-electron chi connectivity index (χ4n) is 1.83. The molecule has 3 nitrogen and oxygen atoms in total. The summed E-state index contributed by atoms with van der Waals surface area (Å²) in [4.78, 5) is 3.52. The van der Waals surface area contributed by atoms with Crippen LogP contribution in [0, 0.1) is 29.6 Å². The maximum atomic E-state index is 8.87. The van der Waals surface area contributed by atoms with Gasteiger partial charge in [0.1, 0.15) is 17.7 Å². The maximum absolute atomic E-state index is 8.87. The molecular formula is C15H10KN3S. The topological polar surface area (TPSA) is 63.4 Å². The summed E-state index contributed by atoms with van der Waals surface area (Å²) in [5, 5.41) is 17.7. The van der Waals surface area contributed by atoms with Crippen LogP contribution in [0.25, 0.3) is 16.2 Å². The third-order valence-corrected chi connectivity index (χ3v) is 3.22. The Morgan fingerprint density at radius 3 is 2.30 bits per heavy atom. The summed E-state index contributed by atoms with van der Waals surface area (Å²) in [6.45, 7) is 1.88. The van der Waals surface area contributed by atoms with E-state index in [4.69, 9.17) is 23.2 Å². The second-order valence-electron chi connectivity index (χ2n) is 4.02. The van der Waals surface area contributed by atoms with E-state index in [0.717, 1.165) is 22.5 Å². The molecule has 0 atom stereocenters. The van der Waals surface area contributed by atoms with Crippen molar-refractivity contribution in [3.63, 3.8) is 0 Å². The van der Waals surface area contributed by atoms with Gasteiger partial charge in [0.05, 0.1) is 0 Å². The molecule has 1 aromatic carbocycles. The zero-order chi connectivity index (χ0) is 13.8. The molecule has 0 saturated heterocycles. The number of nitriles is 2. The normalized spacial score (nSPS) is 8.95. The van der Waals surface area contributed by atoms with E-state index in [1.165, 1.54) is 0 Å². The second-order valence-corrected chi connectivity index (χ2v) is 4.42. The van der Waals surface area contributed by atoms with Gasteiger partial charge in [-0.3, -0.25) is 0 Å². The largest absolute Gasteiger partial charge is 1.00 e. The maximum Gasteiger partial charge on any atom is 1.00 e. The molecule has 1 heterocycles. The van der Waals surface area contributed by atoms with Crippen LogP contribution in [0.1, 0.15) is 11.3 Å². The van der Waals surface area contributed by atoms with Crippen molar-refractivity contribution < 1.29 is 51.4 Å². The van der Waals surface area contributed by atoms with Crippen molar-refractivity contribution in [2.45, 2.75) is 6.92 Å². The zero-order valence-corrected chi connectivity index (χ0v) is 15.2. The van der Waals surface area contributed by atoms with Crippen LogP contribution < -0.4 is 51.4 Å². The molecule has 20 heavy (non-hydrogen) atoms. The molecule has 0 fully saturated rings. The monoisotopic (exact) mass is 303 g/mol. The first kappa shape index (κ1) is 17.1. The van der Waals surface area contributed by atoms with Crippen molar-refractivity contribution in [2.75, 3.05) is 0 Å². The zero-order valence-electron chi connectivity index (χ0n) is 11.3. The first-order chi connectivity index (χ1) is 9.17. The predicted molar refractivity (Wildman–Crippen MR) is 76.5 cm³/mol. The minimum Gasteiger partial charge on any atom is -0.777 e. The molecule has 0 radical (unpaired) electrons. The number of aromatic nitrogens is 1. The van der Waals surface area contributed by atoms with Gasteiger partial charge < -0.3 is 17.6 Å². The van der Waals surface area contributed by atoms with Gasteiger partial charge in [-0.05, 0) is 24.1 Å². The summed E-state index contributed by atoms with van der Waals surface area (Å²) in [6.07, 6.45) is 0. The van der Waals surface area contributed by atoms with Gasteiger partial charge in [-0.15, -0.1) is 4.91 Å². The van der Waals surface area contributed by atoms with E-state index in [9.17, 15) is 0 Å². The summed E-state index contributed by atoms with van der Waals surface area (Å²) in [5.74, 6) is 0. The standard InChI is InChI=1S/C15H11N3S.K/c1-10-13(15(19)12(8-16)9-17)7-14(18-10)11-5-3-2-4-6-11;/h2-7,18-19H,1H3;/q;+1/p-1. The minimum atomic E-state index is -0.0308. The number of nitrogens with one attached hydrogen (secondary N) is 1. The van der Waals surface area contributed by atoms with Crippen LogP contribution in [0.3, 0.4) is 0 Å². The first-order valence-corrected chi connectivity index (χ1v) is 6.05. The molecule has 2 rings (SSSR count). The van der Waals surface area contributed by atoms with Crippen LogP contribution in [0.15, 0.2) is 42.0 Å².